The molecule has 1 aromatic carbocycles. The number of benzene rings is 1. The molecule has 2 fully saturated rings. The van der Waals surface area contributed by atoms with Crippen molar-refractivity contribution in [3.8, 4) is 0 Å². The zero-order chi connectivity index (χ0) is 15.0. The average molecular weight is 305 g/mol. The normalized spacial score (nSPS) is 31.7. The molecule has 0 spiro atoms. The predicted octanol–water partition coefficient (Wildman–Crippen LogP) is 2.47. The summed E-state index contributed by atoms with van der Waals surface area (Å²) >= 11 is 0. The highest BCUT2D eigenvalue weighted by atomic mass is 32.2. The van der Waals surface area contributed by atoms with Gasteiger partial charge in [0, 0.05) is 41.3 Å². The van der Waals surface area contributed by atoms with E-state index >= 15 is 0 Å². The van der Waals surface area contributed by atoms with Crippen LogP contribution in [0.25, 0.3) is 0 Å². The maximum Gasteiger partial charge on any atom is 0.226 e. The van der Waals surface area contributed by atoms with Crippen LogP contribution < -0.4 is 0 Å². The highest BCUT2D eigenvalue weighted by molar-refractivity contribution is 7.85. The van der Waals surface area contributed by atoms with Gasteiger partial charge in [-0.1, -0.05) is 24.3 Å². The van der Waals surface area contributed by atoms with Crippen LogP contribution in [0.1, 0.15) is 36.3 Å². The molecule has 1 aliphatic heterocycles. The second-order valence-corrected chi connectivity index (χ2v) is 8.03. The van der Waals surface area contributed by atoms with Crippen LogP contribution in [-0.2, 0) is 15.6 Å². The smallest absolute Gasteiger partial charge is 0.226 e. The minimum atomic E-state index is -0.663. The molecule has 4 heteroatoms. The Bertz CT molecular complexity index is 562. The van der Waals surface area contributed by atoms with Gasteiger partial charge in [0.25, 0.3) is 0 Å². The van der Waals surface area contributed by atoms with Crippen molar-refractivity contribution < 1.29 is 9.00 Å². The summed E-state index contributed by atoms with van der Waals surface area (Å²) in [6, 6.07) is 8.66. The van der Waals surface area contributed by atoms with E-state index in [0.717, 1.165) is 30.8 Å². The van der Waals surface area contributed by atoms with Crippen molar-refractivity contribution in [3.63, 3.8) is 0 Å². The first-order valence-corrected chi connectivity index (χ1v) is 9.24. The third-order valence-corrected chi connectivity index (χ3v) is 6.33. The largest absolute Gasteiger partial charge is 0.342 e. The first-order valence-electron chi connectivity index (χ1n) is 7.75. The Morgan fingerprint density at radius 2 is 1.90 bits per heavy atom. The molecule has 0 radical (unpaired) electrons. The highest BCUT2D eigenvalue weighted by Gasteiger charge is 2.46. The summed E-state index contributed by atoms with van der Waals surface area (Å²) in [4.78, 5) is 14.6. The van der Waals surface area contributed by atoms with Gasteiger partial charge in [0.15, 0.2) is 0 Å². The van der Waals surface area contributed by atoms with Crippen LogP contribution >= 0.6 is 0 Å². The summed E-state index contributed by atoms with van der Waals surface area (Å²) in [5.74, 6) is 2.32. The molecular formula is C17H23NO2S. The Hall–Kier alpha value is -1.16. The molecule has 1 saturated heterocycles. The van der Waals surface area contributed by atoms with E-state index in [2.05, 4.69) is 25.1 Å². The number of aryl methyl sites for hydroxylation is 1. The summed E-state index contributed by atoms with van der Waals surface area (Å²) in [6.45, 7) is 2.12. The first-order chi connectivity index (χ1) is 10.1. The number of rotatable bonds is 3. The zero-order valence-electron chi connectivity index (χ0n) is 12.7. The lowest BCUT2D eigenvalue weighted by Gasteiger charge is -2.31. The fourth-order valence-electron chi connectivity index (χ4n) is 3.42. The number of hydrogen-bond acceptors (Lipinski definition) is 2. The van der Waals surface area contributed by atoms with Crippen LogP contribution in [-0.4, -0.2) is 39.6 Å². The van der Waals surface area contributed by atoms with Gasteiger partial charge in [0.2, 0.25) is 5.91 Å². The maximum absolute atomic E-state index is 12.6. The van der Waals surface area contributed by atoms with Gasteiger partial charge < -0.3 is 4.90 Å². The summed E-state index contributed by atoms with van der Waals surface area (Å²) < 4.78 is 11.4. The van der Waals surface area contributed by atoms with E-state index in [0.29, 0.717) is 5.92 Å². The van der Waals surface area contributed by atoms with Crippen molar-refractivity contribution in [2.75, 3.05) is 18.6 Å². The highest BCUT2D eigenvalue weighted by Crippen LogP contribution is 2.49. The fraction of sp³-hybridized carbons (Fsp3) is 0.588. The van der Waals surface area contributed by atoms with Gasteiger partial charge in [-0.05, 0) is 43.2 Å². The Morgan fingerprint density at radius 3 is 2.57 bits per heavy atom. The van der Waals surface area contributed by atoms with Crippen molar-refractivity contribution >= 4 is 16.7 Å². The quantitative estimate of drug-likeness (QED) is 0.860. The van der Waals surface area contributed by atoms with Crippen molar-refractivity contribution in [1.29, 1.82) is 0 Å². The molecule has 114 valence electrons. The molecule has 1 aromatic rings. The van der Waals surface area contributed by atoms with Crippen molar-refractivity contribution in [2.45, 2.75) is 38.1 Å². The lowest BCUT2D eigenvalue weighted by atomic mass is 10.0. The van der Waals surface area contributed by atoms with E-state index in [1.807, 2.05) is 18.0 Å². The number of nitrogens with zero attached hydrogens (tertiary/aromatic N) is 1. The first kappa shape index (κ1) is 14.8. The van der Waals surface area contributed by atoms with E-state index in [9.17, 15) is 9.00 Å². The minimum absolute atomic E-state index is 0.156. The number of carbonyl (C=O) groups is 1. The van der Waals surface area contributed by atoms with Gasteiger partial charge in [0.1, 0.15) is 0 Å². The number of hydrogen-bond donors (Lipinski definition) is 0. The Labute approximate surface area is 129 Å². The van der Waals surface area contributed by atoms with E-state index in [4.69, 9.17) is 0 Å². The Kier molecular flexibility index (Phi) is 4.16. The zero-order valence-corrected chi connectivity index (χ0v) is 13.6. The summed E-state index contributed by atoms with van der Waals surface area (Å²) in [6.07, 6.45) is 2.75. The molecule has 2 atom stereocenters. The molecule has 1 amide bonds. The van der Waals surface area contributed by atoms with E-state index in [-0.39, 0.29) is 17.9 Å². The van der Waals surface area contributed by atoms with E-state index in [1.54, 1.807) is 0 Å². The molecule has 0 bridgehead atoms. The molecule has 0 unspecified atom stereocenters. The topological polar surface area (TPSA) is 37.4 Å². The molecule has 3 rings (SSSR count). The third-order valence-electron chi connectivity index (χ3n) is 4.95. The standard InChI is InChI=1S/C17H23NO2S/c1-12-5-3-4-6-14(12)15-11-16(15)17(19)18(2)13-7-9-21(20)10-8-13/h3-6,13,15-16H,7-11H2,1-2H3/t13?,15-,16+,21?/m1/s1. The summed E-state index contributed by atoms with van der Waals surface area (Å²) in [5.41, 5.74) is 2.61. The molecule has 1 aliphatic carbocycles. The van der Waals surface area contributed by atoms with Crippen molar-refractivity contribution in [3.05, 3.63) is 35.4 Å². The fourth-order valence-corrected chi connectivity index (χ4v) is 4.70. The molecule has 21 heavy (non-hydrogen) atoms. The van der Waals surface area contributed by atoms with Crippen molar-refractivity contribution in [2.24, 2.45) is 5.92 Å². The maximum atomic E-state index is 12.6. The molecule has 0 aromatic heterocycles. The molecule has 0 N–H and O–H groups in total. The molecule has 3 nitrogen and oxygen atoms in total. The number of carbonyl (C=O) groups excluding carboxylic acids is 1. The summed E-state index contributed by atoms with van der Waals surface area (Å²) in [7, 11) is 1.26. The van der Waals surface area contributed by atoms with Gasteiger partial charge in [0.05, 0.1) is 0 Å². The number of amides is 1. The monoisotopic (exact) mass is 305 g/mol. The van der Waals surface area contributed by atoms with Crippen LogP contribution in [0.5, 0.6) is 0 Å². The van der Waals surface area contributed by atoms with Crippen LogP contribution in [0.15, 0.2) is 24.3 Å². The second-order valence-electron chi connectivity index (χ2n) is 6.33. The average Bonchev–Trinajstić information content (AvgIpc) is 3.27. The van der Waals surface area contributed by atoms with Crippen molar-refractivity contribution in [1.82, 2.24) is 4.90 Å². The Balaban J connectivity index is 1.62. The second kappa shape index (κ2) is 5.91. The SMILES string of the molecule is Cc1ccccc1[C@H]1C[C@@H]1C(=O)N(C)C1CCS(=O)CC1. The predicted molar refractivity (Wildman–Crippen MR) is 85.7 cm³/mol. The minimum Gasteiger partial charge on any atom is -0.342 e. The lowest BCUT2D eigenvalue weighted by Crippen LogP contribution is -2.42. The summed E-state index contributed by atoms with van der Waals surface area (Å²) in [5, 5.41) is 0. The van der Waals surface area contributed by atoms with E-state index < -0.39 is 10.8 Å². The van der Waals surface area contributed by atoms with Crippen LogP contribution in [0.2, 0.25) is 0 Å². The lowest BCUT2D eigenvalue weighted by molar-refractivity contribution is -0.133. The van der Waals surface area contributed by atoms with Gasteiger partial charge >= 0.3 is 0 Å². The van der Waals surface area contributed by atoms with Gasteiger partial charge in [-0.3, -0.25) is 9.00 Å². The van der Waals surface area contributed by atoms with Gasteiger partial charge in [-0.25, -0.2) is 0 Å². The van der Waals surface area contributed by atoms with Crippen LogP contribution in [0.3, 0.4) is 0 Å². The molecule has 1 heterocycles. The van der Waals surface area contributed by atoms with Crippen LogP contribution in [0, 0.1) is 12.8 Å². The van der Waals surface area contributed by atoms with E-state index in [1.165, 1.54) is 11.1 Å². The molecule has 1 saturated carbocycles. The molecular weight excluding hydrogens is 282 g/mol. The Morgan fingerprint density at radius 1 is 1.24 bits per heavy atom. The van der Waals surface area contributed by atoms with Gasteiger partial charge in [-0.15, -0.1) is 0 Å². The third kappa shape index (κ3) is 3.05. The van der Waals surface area contributed by atoms with Gasteiger partial charge in [-0.2, -0.15) is 0 Å². The molecule has 2 aliphatic rings. The van der Waals surface area contributed by atoms with Crippen LogP contribution in [0.4, 0.5) is 0 Å².